The van der Waals surface area contributed by atoms with Crippen LogP contribution < -0.4 is 0 Å². The van der Waals surface area contributed by atoms with Crippen molar-refractivity contribution >= 4 is 5.97 Å². The van der Waals surface area contributed by atoms with Gasteiger partial charge in [-0.2, -0.15) is 13.2 Å². The van der Waals surface area contributed by atoms with Crippen LogP contribution in [0.1, 0.15) is 20.3 Å². The Hall–Kier alpha value is -0.820. The van der Waals surface area contributed by atoms with Crippen molar-refractivity contribution in [2.24, 2.45) is 5.92 Å². The van der Waals surface area contributed by atoms with Crippen LogP contribution in [0.2, 0.25) is 0 Å². The predicted molar refractivity (Wildman–Crippen MR) is 64.9 cm³/mol. The third-order valence-electron chi connectivity index (χ3n) is 3.59. The average Bonchev–Trinajstić information content (AvgIpc) is 2.73. The van der Waals surface area contributed by atoms with Gasteiger partial charge in [0, 0.05) is 13.1 Å². The second kappa shape index (κ2) is 6.56. The molecule has 0 spiro atoms. The highest BCUT2D eigenvalue weighted by Gasteiger charge is 2.34. The molecule has 1 N–H and O–H groups in total. The third kappa shape index (κ3) is 5.36. The summed E-state index contributed by atoms with van der Waals surface area (Å²) in [5.74, 6) is -0.771. The molecule has 1 heterocycles. The largest absolute Gasteiger partial charge is 0.480 e. The van der Waals surface area contributed by atoms with E-state index >= 15 is 0 Å². The minimum Gasteiger partial charge on any atom is -0.480 e. The van der Waals surface area contributed by atoms with Crippen molar-refractivity contribution in [2.45, 2.75) is 32.5 Å². The predicted octanol–water partition coefficient (Wildman–Crippen LogP) is 1.67. The summed E-state index contributed by atoms with van der Waals surface area (Å²) >= 11 is 0. The van der Waals surface area contributed by atoms with Crippen molar-refractivity contribution in [3.8, 4) is 0 Å². The summed E-state index contributed by atoms with van der Waals surface area (Å²) in [7, 11) is 0. The molecule has 0 aliphatic carbocycles. The Bertz CT molecular complexity index is 310. The Morgan fingerprint density at radius 1 is 1.53 bits per heavy atom. The van der Waals surface area contributed by atoms with Crippen LogP contribution in [-0.2, 0) is 4.79 Å². The van der Waals surface area contributed by atoms with Crippen molar-refractivity contribution in [3.05, 3.63) is 0 Å². The lowest BCUT2D eigenvalue weighted by Gasteiger charge is -2.26. The molecular formula is C12H21F3N2O2. The van der Waals surface area contributed by atoms with Gasteiger partial charge in [-0.1, -0.05) is 6.92 Å². The number of carboxylic acid groups (broad SMARTS) is 1. The van der Waals surface area contributed by atoms with Gasteiger partial charge in [0.2, 0.25) is 0 Å². The molecule has 4 nitrogen and oxygen atoms in total. The van der Waals surface area contributed by atoms with Crippen LogP contribution in [0.15, 0.2) is 0 Å². The van der Waals surface area contributed by atoms with Crippen LogP contribution in [0.5, 0.6) is 0 Å². The van der Waals surface area contributed by atoms with Gasteiger partial charge in [-0.3, -0.25) is 14.6 Å². The summed E-state index contributed by atoms with van der Waals surface area (Å²) < 4.78 is 37.0. The molecule has 1 aliphatic heterocycles. The lowest BCUT2D eigenvalue weighted by atomic mass is 10.1. The van der Waals surface area contributed by atoms with Crippen molar-refractivity contribution in [2.75, 3.05) is 32.7 Å². The highest BCUT2D eigenvalue weighted by Crippen LogP contribution is 2.22. The fourth-order valence-corrected chi connectivity index (χ4v) is 2.44. The van der Waals surface area contributed by atoms with Crippen LogP contribution in [0.3, 0.4) is 0 Å². The molecule has 2 unspecified atom stereocenters. The van der Waals surface area contributed by atoms with Crippen LogP contribution in [-0.4, -0.2) is 65.8 Å². The van der Waals surface area contributed by atoms with Gasteiger partial charge in [-0.25, -0.2) is 0 Å². The molecule has 0 radical (unpaired) electrons. The van der Waals surface area contributed by atoms with E-state index in [1.54, 1.807) is 13.8 Å². The summed E-state index contributed by atoms with van der Waals surface area (Å²) in [5.41, 5.74) is 0. The van der Waals surface area contributed by atoms with E-state index in [4.69, 9.17) is 5.11 Å². The van der Waals surface area contributed by atoms with Gasteiger partial charge in [-0.05, 0) is 32.4 Å². The summed E-state index contributed by atoms with van der Waals surface area (Å²) in [5, 5.41) is 8.91. The summed E-state index contributed by atoms with van der Waals surface area (Å²) in [6.07, 6.45) is -3.42. The molecule has 0 aromatic carbocycles. The molecule has 1 saturated heterocycles. The molecule has 7 heteroatoms. The molecule has 112 valence electrons. The minimum absolute atomic E-state index is 0.115. The zero-order chi connectivity index (χ0) is 14.6. The molecule has 0 saturated carbocycles. The first-order valence-corrected chi connectivity index (χ1v) is 6.49. The number of alkyl halides is 3. The number of nitrogens with zero attached hydrogens (tertiary/aromatic N) is 2. The normalized spacial score (nSPS) is 22.9. The Morgan fingerprint density at radius 3 is 2.63 bits per heavy atom. The fraction of sp³-hybridized carbons (Fsp3) is 0.917. The number of hydrogen-bond donors (Lipinski definition) is 1. The van der Waals surface area contributed by atoms with Gasteiger partial charge in [0.15, 0.2) is 0 Å². The smallest absolute Gasteiger partial charge is 0.401 e. The van der Waals surface area contributed by atoms with E-state index in [9.17, 15) is 18.0 Å². The second-order valence-electron chi connectivity index (χ2n) is 5.11. The van der Waals surface area contributed by atoms with E-state index in [1.165, 1.54) is 4.90 Å². The maximum Gasteiger partial charge on any atom is 0.401 e. The number of rotatable bonds is 6. The quantitative estimate of drug-likeness (QED) is 0.805. The lowest BCUT2D eigenvalue weighted by Crippen LogP contribution is -2.40. The maximum atomic E-state index is 12.3. The molecule has 1 rings (SSSR count). The van der Waals surface area contributed by atoms with Crippen molar-refractivity contribution < 1.29 is 23.1 Å². The average molecular weight is 282 g/mol. The molecule has 19 heavy (non-hydrogen) atoms. The summed E-state index contributed by atoms with van der Waals surface area (Å²) in [4.78, 5) is 14.0. The molecular weight excluding hydrogens is 261 g/mol. The van der Waals surface area contributed by atoms with Gasteiger partial charge >= 0.3 is 12.1 Å². The lowest BCUT2D eigenvalue weighted by molar-refractivity contribution is -0.146. The van der Waals surface area contributed by atoms with E-state index in [0.29, 0.717) is 26.2 Å². The number of hydrogen-bond acceptors (Lipinski definition) is 3. The van der Waals surface area contributed by atoms with Crippen molar-refractivity contribution in [3.63, 3.8) is 0 Å². The molecule has 0 aromatic heterocycles. The molecule has 0 aromatic rings. The molecule has 2 atom stereocenters. The number of carbonyl (C=O) groups is 1. The van der Waals surface area contributed by atoms with Gasteiger partial charge in [0.1, 0.15) is 6.04 Å². The highest BCUT2D eigenvalue weighted by atomic mass is 19.4. The monoisotopic (exact) mass is 282 g/mol. The van der Waals surface area contributed by atoms with E-state index in [2.05, 4.69) is 0 Å². The molecule has 0 bridgehead atoms. The van der Waals surface area contributed by atoms with E-state index in [1.807, 2.05) is 4.90 Å². The van der Waals surface area contributed by atoms with Gasteiger partial charge in [-0.15, -0.1) is 0 Å². The summed E-state index contributed by atoms with van der Waals surface area (Å²) in [6.45, 7) is 4.34. The van der Waals surface area contributed by atoms with Crippen LogP contribution in [0.25, 0.3) is 0 Å². The Labute approximate surface area is 111 Å². The fourth-order valence-electron chi connectivity index (χ4n) is 2.44. The topological polar surface area (TPSA) is 43.8 Å². The first kappa shape index (κ1) is 16.2. The Balaban J connectivity index is 2.44. The van der Waals surface area contributed by atoms with E-state index in [0.717, 1.165) is 6.42 Å². The standard InChI is InChI=1S/C12H21F3N2O2/c1-3-16(8-12(13,14)15)6-10-4-5-17(7-10)9(2)11(18)19/h9-10H,3-8H2,1-2H3,(H,18,19). The Kier molecular flexibility index (Phi) is 5.61. The zero-order valence-electron chi connectivity index (χ0n) is 11.3. The van der Waals surface area contributed by atoms with Gasteiger partial charge in [0.25, 0.3) is 0 Å². The highest BCUT2D eigenvalue weighted by molar-refractivity contribution is 5.72. The van der Waals surface area contributed by atoms with Gasteiger partial charge in [0.05, 0.1) is 6.54 Å². The van der Waals surface area contributed by atoms with Crippen LogP contribution >= 0.6 is 0 Å². The third-order valence-corrected chi connectivity index (χ3v) is 3.59. The van der Waals surface area contributed by atoms with Crippen molar-refractivity contribution in [1.82, 2.24) is 9.80 Å². The number of halogens is 3. The summed E-state index contributed by atoms with van der Waals surface area (Å²) in [6, 6.07) is -0.567. The van der Waals surface area contributed by atoms with E-state index < -0.39 is 24.7 Å². The number of likely N-dealkylation sites (tertiary alicyclic amines) is 1. The second-order valence-corrected chi connectivity index (χ2v) is 5.11. The first-order valence-electron chi connectivity index (χ1n) is 6.49. The molecule has 0 amide bonds. The molecule has 1 fully saturated rings. The van der Waals surface area contributed by atoms with Crippen LogP contribution in [0.4, 0.5) is 13.2 Å². The first-order chi connectivity index (χ1) is 8.73. The van der Waals surface area contributed by atoms with E-state index in [-0.39, 0.29) is 5.92 Å². The van der Waals surface area contributed by atoms with Crippen molar-refractivity contribution in [1.29, 1.82) is 0 Å². The SMILES string of the molecule is CCN(CC1CCN(C(C)C(=O)O)C1)CC(F)(F)F. The number of carboxylic acids is 1. The Morgan fingerprint density at radius 2 is 2.16 bits per heavy atom. The maximum absolute atomic E-state index is 12.3. The minimum atomic E-state index is -4.18. The van der Waals surface area contributed by atoms with Crippen LogP contribution in [0, 0.1) is 5.92 Å². The zero-order valence-corrected chi connectivity index (χ0v) is 11.3. The molecule has 1 aliphatic rings. The van der Waals surface area contributed by atoms with Gasteiger partial charge < -0.3 is 5.11 Å². The number of aliphatic carboxylic acids is 1.